The SMILES string of the molecule is CC[NH+]1CCC[C@H]1CNC(=O)c1ccc(NC2CC2)c([N+](=O)[O-])c1. The Balaban J connectivity index is 1.65. The highest BCUT2D eigenvalue weighted by Gasteiger charge is 2.28. The first-order chi connectivity index (χ1) is 11.6. The lowest BCUT2D eigenvalue weighted by Gasteiger charge is -2.20. The van der Waals surface area contributed by atoms with E-state index in [0.717, 1.165) is 32.4 Å². The molecule has 1 aliphatic carbocycles. The van der Waals surface area contributed by atoms with Crippen molar-refractivity contribution in [2.24, 2.45) is 0 Å². The molecule has 2 aliphatic rings. The van der Waals surface area contributed by atoms with Crippen molar-refractivity contribution in [1.82, 2.24) is 5.32 Å². The summed E-state index contributed by atoms with van der Waals surface area (Å²) in [5, 5.41) is 17.4. The van der Waals surface area contributed by atoms with Crippen molar-refractivity contribution >= 4 is 17.3 Å². The fourth-order valence-corrected chi connectivity index (χ4v) is 3.41. The predicted molar refractivity (Wildman–Crippen MR) is 91.5 cm³/mol. The number of hydrogen-bond acceptors (Lipinski definition) is 4. The zero-order valence-electron chi connectivity index (χ0n) is 14.0. The summed E-state index contributed by atoms with van der Waals surface area (Å²) >= 11 is 0. The Morgan fingerprint density at radius 1 is 1.38 bits per heavy atom. The number of carbonyl (C=O) groups is 1. The second-order valence-corrected chi connectivity index (χ2v) is 6.72. The molecule has 0 aromatic heterocycles. The van der Waals surface area contributed by atoms with E-state index in [0.29, 0.717) is 29.9 Å². The van der Waals surface area contributed by atoms with Gasteiger partial charge in [-0.05, 0) is 31.9 Å². The topological polar surface area (TPSA) is 88.7 Å². The lowest BCUT2D eigenvalue weighted by atomic mass is 10.1. The molecule has 3 rings (SSSR count). The molecular weight excluding hydrogens is 308 g/mol. The second kappa shape index (κ2) is 7.17. The third-order valence-corrected chi connectivity index (χ3v) is 4.98. The summed E-state index contributed by atoms with van der Waals surface area (Å²) in [7, 11) is 0. The van der Waals surface area contributed by atoms with Crippen molar-refractivity contribution in [1.29, 1.82) is 0 Å². The summed E-state index contributed by atoms with van der Waals surface area (Å²) in [6.45, 7) is 5.00. The van der Waals surface area contributed by atoms with Crippen molar-refractivity contribution in [3.05, 3.63) is 33.9 Å². The zero-order valence-corrected chi connectivity index (χ0v) is 14.0. The molecule has 130 valence electrons. The smallest absolute Gasteiger partial charge is 0.293 e. The number of nitro groups is 1. The summed E-state index contributed by atoms with van der Waals surface area (Å²) in [5.74, 6) is -0.238. The van der Waals surface area contributed by atoms with Gasteiger partial charge >= 0.3 is 0 Å². The van der Waals surface area contributed by atoms with Crippen LogP contribution in [0.2, 0.25) is 0 Å². The quantitative estimate of drug-likeness (QED) is 0.512. The van der Waals surface area contributed by atoms with Crippen LogP contribution < -0.4 is 15.5 Å². The Morgan fingerprint density at radius 3 is 2.83 bits per heavy atom. The Morgan fingerprint density at radius 2 is 2.17 bits per heavy atom. The van der Waals surface area contributed by atoms with Crippen LogP contribution >= 0.6 is 0 Å². The average Bonchev–Trinajstić information content (AvgIpc) is 3.27. The lowest BCUT2D eigenvalue weighted by molar-refractivity contribution is -0.909. The molecular formula is C17H25N4O3+. The van der Waals surface area contributed by atoms with Crippen molar-refractivity contribution in [2.75, 3.05) is 25.0 Å². The van der Waals surface area contributed by atoms with Crippen molar-refractivity contribution in [2.45, 2.75) is 44.7 Å². The molecule has 1 aromatic rings. The molecule has 2 atom stereocenters. The number of amides is 1. The molecule has 1 saturated heterocycles. The second-order valence-electron chi connectivity index (χ2n) is 6.72. The molecule has 1 amide bonds. The van der Waals surface area contributed by atoms with Gasteiger partial charge in [0.2, 0.25) is 0 Å². The minimum atomic E-state index is -0.429. The molecule has 1 aromatic carbocycles. The van der Waals surface area contributed by atoms with Crippen LogP contribution in [0.5, 0.6) is 0 Å². The Labute approximate surface area is 141 Å². The van der Waals surface area contributed by atoms with Gasteiger partial charge in [-0.3, -0.25) is 14.9 Å². The van der Waals surface area contributed by atoms with Crippen LogP contribution in [0.25, 0.3) is 0 Å². The summed E-state index contributed by atoms with van der Waals surface area (Å²) in [6, 6.07) is 5.45. The minimum absolute atomic E-state index is 0.0313. The molecule has 7 heteroatoms. The number of nitrogens with zero attached hydrogens (tertiary/aromatic N) is 1. The Hall–Kier alpha value is -2.15. The van der Waals surface area contributed by atoms with E-state index in [2.05, 4.69) is 17.6 Å². The monoisotopic (exact) mass is 333 g/mol. The van der Waals surface area contributed by atoms with E-state index in [1.807, 2.05) is 0 Å². The standard InChI is InChI=1S/C17H24N4O3/c1-2-20-9-3-4-14(20)11-18-17(22)12-5-8-15(19-13-6-7-13)16(10-12)21(23)24/h5,8,10,13-14,19H,2-4,6-7,9,11H2,1H3,(H,18,22)/p+1/t14-/m0/s1. The molecule has 1 unspecified atom stereocenters. The molecule has 2 fully saturated rings. The van der Waals surface area contributed by atoms with E-state index in [1.165, 1.54) is 17.4 Å². The highest BCUT2D eigenvalue weighted by atomic mass is 16.6. The lowest BCUT2D eigenvalue weighted by Crippen LogP contribution is -3.14. The first kappa shape index (κ1) is 16.7. The van der Waals surface area contributed by atoms with Gasteiger partial charge in [-0.1, -0.05) is 0 Å². The van der Waals surface area contributed by atoms with E-state index in [4.69, 9.17) is 0 Å². The van der Waals surface area contributed by atoms with Crippen LogP contribution in [-0.2, 0) is 0 Å². The maximum Gasteiger partial charge on any atom is 0.293 e. The summed E-state index contributed by atoms with van der Waals surface area (Å²) in [4.78, 5) is 24.7. The van der Waals surface area contributed by atoms with Crippen LogP contribution in [0.15, 0.2) is 18.2 Å². The van der Waals surface area contributed by atoms with Crippen LogP contribution in [-0.4, -0.2) is 42.5 Å². The molecule has 7 nitrogen and oxygen atoms in total. The number of carbonyl (C=O) groups excluding carboxylic acids is 1. The van der Waals surface area contributed by atoms with Gasteiger partial charge in [-0.2, -0.15) is 0 Å². The van der Waals surface area contributed by atoms with Gasteiger partial charge in [0.05, 0.1) is 24.6 Å². The van der Waals surface area contributed by atoms with Crippen LogP contribution in [0.1, 0.15) is 43.0 Å². The minimum Gasteiger partial charge on any atom is -0.377 e. The number of benzene rings is 1. The van der Waals surface area contributed by atoms with E-state index in [-0.39, 0.29) is 11.6 Å². The average molecular weight is 333 g/mol. The van der Waals surface area contributed by atoms with Crippen molar-refractivity contribution < 1.29 is 14.6 Å². The number of quaternary nitrogens is 1. The van der Waals surface area contributed by atoms with Crippen LogP contribution in [0.4, 0.5) is 11.4 Å². The molecule has 1 saturated carbocycles. The number of anilines is 1. The molecule has 3 N–H and O–H groups in total. The van der Waals surface area contributed by atoms with E-state index >= 15 is 0 Å². The highest BCUT2D eigenvalue weighted by Crippen LogP contribution is 2.31. The first-order valence-electron chi connectivity index (χ1n) is 8.76. The van der Waals surface area contributed by atoms with Crippen LogP contribution in [0.3, 0.4) is 0 Å². The van der Waals surface area contributed by atoms with E-state index < -0.39 is 4.92 Å². The van der Waals surface area contributed by atoms with Crippen molar-refractivity contribution in [3.8, 4) is 0 Å². The highest BCUT2D eigenvalue weighted by molar-refractivity contribution is 5.95. The molecule has 0 bridgehead atoms. The van der Waals surface area contributed by atoms with Gasteiger partial charge in [0.25, 0.3) is 11.6 Å². The Kier molecular flexibility index (Phi) is 4.99. The maximum atomic E-state index is 12.4. The van der Waals surface area contributed by atoms with Crippen LogP contribution in [0, 0.1) is 10.1 Å². The zero-order chi connectivity index (χ0) is 17.1. The normalized spacial score (nSPS) is 23.0. The molecule has 0 spiro atoms. The van der Waals surface area contributed by atoms with E-state index in [1.54, 1.807) is 12.1 Å². The molecule has 1 aliphatic heterocycles. The van der Waals surface area contributed by atoms with Gasteiger partial charge in [-0.25, -0.2) is 0 Å². The number of likely N-dealkylation sites (tertiary alicyclic amines) is 1. The largest absolute Gasteiger partial charge is 0.377 e. The predicted octanol–water partition coefficient (Wildman–Crippen LogP) is 0.966. The number of rotatable bonds is 7. The summed E-state index contributed by atoms with van der Waals surface area (Å²) < 4.78 is 0. The molecule has 1 heterocycles. The number of nitrogens with one attached hydrogen (secondary N) is 3. The molecule has 0 radical (unpaired) electrons. The summed E-state index contributed by atoms with van der Waals surface area (Å²) in [6.07, 6.45) is 4.39. The third kappa shape index (κ3) is 3.84. The first-order valence-corrected chi connectivity index (χ1v) is 8.76. The van der Waals surface area contributed by atoms with Gasteiger partial charge in [0.1, 0.15) is 11.7 Å². The number of nitro benzene ring substituents is 1. The number of hydrogen-bond donors (Lipinski definition) is 3. The third-order valence-electron chi connectivity index (χ3n) is 4.98. The van der Waals surface area contributed by atoms with Gasteiger partial charge < -0.3 is 15.5 Å². The maximum absolute atomic E-state index is 12.4. The van der Waals surface area contributed by atoms with Gasteiger partial charge in [0, 0.05) is 30.5 Å². The molecule has 24 heavy (non-hydrogen) atoms. The number of likely N-dealkylation sites (N-methyl/N-ethyl adjacent to an activating group) is 1. The fraction of sp³-hybridized carbons (Fsp3) is 0.588. The van der Waals surface area contributed by atoms with Gasteiger partial charge in [-0.15, -0.1) is 0 Å². The fourth-order valence-electron chi connectivity index (χ4n) is 3.41. The van der Waals surface area contributed by atoms with Crippen molar-refractivity contribution in [3.63, 3.8) is 0 Å². The summed E-state index contributed by atoms with van der Waals surface area (Å²) in [5.41, 5.74) is 0.812. The van der Waals surface area contributed by atoms with Gasteiger partial charge in [0.15, 0.2) is 0 Å². The van der Waals surface area contributed by atoms with E-state index in [9.17, 15) is 14.9 Å². The Bertz CT molecular complexity index is 630.